The second-order valence-corrected chi connectivity index (χ2v) is 2.65. The maximum atomic E-state index is 11.2. The van der Waals surface area contributed by atoms with E-state index in [1.54, 1.807) is 18.2 Å². The molecule has 12 heavy (non-hydrogen) atoms. The van der Waals surface area contributed by atoms with E-state index >= 15 is 0 Å². The lowest BCUT2D eigenvalue weighted by molar-refractivity contribution is -0.135. The van der Waals surface area contributed by atoms with Crippen molar-refractivity contribution in [2.24, 2.45) is 0 Å². The van der Waals surface area contributed by atoms with Crippen molar-refractivity contribution in [3.8, 4) is 0 Å². The number of carbonyl (C=O) groups is 1. The minimum absolute atomic E-state index is 0.354. The quantitative estimate of drug-likeness (QED) is 0.572. The number of rotatable bonds is 0. The number of hydrogen-bond acceptors (Lipinski definition) is 3. The topological polar surface area (TPSA) is 46.5 Å². The summed E-state index contributed by atoms with van der Waals surface area (Å²) >= 11 is 0. The van der Waals surface area contributed by atoms with Gasteiger partial charge in [-0.1, -0.05) is 12.2 Å². The van der Waals surface area contributed by atoms with Crippen molar-refractivity contribution >= 4 is 5.78 Å². The van der Waals surface area contributed by atoms with Crippen LogP contribution in [0.25, 0.3) is 0 Å². The molecule has 1 aliphatic carbocycles. The Bertz CT molecular complexity index is 310. The number of ketones is 1. The normalized spacial score (nSPS) is 27.1. The van der Waals surface area contributed by atoms with Gasteiger partial charge >= 0.3 is 0 Å². The molecule has 2 rings (SSSR count). The largest absolute Gasteiger partial charge is 0.457 e. The smallest absolute Gasteiger partial charge is 0.262 e. The van der Waals surface area contributed by atoms with E-state index in [2.05, 4.69) is 0 Å². The first kappa shape index (κ1) is 7.31. The maximum Gasteiger partial charge on any atom is 0.262 e. The molecular weight excluding hydrogens is 156 g/mol. The molecule has 1 heterocycles. The third kappa shape index (κ3) is 0.987. The van der Waals surface area contributed by atoms with Gasteiger partial charge in [0.25, 0.3) is 6.29 Å². The van der Waals surface area contributed by atoms with E-state index in [9.17, 15) is 4.79 Å². The van der Waals surface area contributed by atoms with Gasteiger partial charge in [0, 0.05) is 0 Å². The molecule has 1 N–H and O–H groups in total. The summed E-state index contributed by atoms with van der Waals surface area (Å²) < 4.78 is 4.92. The zero-order valence-electron chi connectivity index (χ0n) is 6.36. The second-order valence-electron chi connectivity index (χ2n) is 2.65. The van der Waals surface area contributed by atoms with Crippen molar-refractivity contribution in [1.82, 2.24) is 0 Å². The van der Waals surface area contributed by atoms with Gasteiger partial charge < -0.3 is 9.84 Å². The molecule has 0 amide bonds. The first-order valence-corrected chi connectivity index (χ1v) is 3.75. The van der Waals surface area contributed by atoms with Crippen LogP contribution in [0.2, 0.25) is 0 Å². The predicted octanol–water partition coefficient (Wildman–Crippen LogP) is 0.674. The molecule has 1 aliphatic heterocycles. The Morgan fingerprint density at radius 3 is 3.25 bits per heavy atom. The molecule has 0 radical (unpaired) electrons. The fourth-order valence-electron chi connectivity index (χ4n) is 1.23. The number of aliphatic hydroxyl groups is 1. The van der Waals surface area contributed by atoms with E-state index in [0.29, 0.717) is 11.3 Å². The molecule has 0 aromatic heterocycles. The molecule has 0 aromatic rings. The van der Waals surface area contributed by atoms with Gasteiger partial charge in [-0.3, -0.25) is 4.79 Å². The molecule has 1 saturated heterocycles. The monoisotopic (exact) mass is 164 g/mol. The highest BCUT2D eigenvalue weighted by molar-refractivity contribution is 6.03. The number of carbonyl (C=O) groups excluding carboxylic acids is 1. The number of ether oxygens (including phenoxy) is 1. The Morgan fingerprint density at radius 1 is 1.58 bits per heavy atom. The molecule has 2 aliphatic rings. The van der Waals surface area contributed by atoms with Crippen LogP contribution in [0.15, 0.2) is 35.6 Å². The van der Waals surface area contributed by atoms with Crippen LogP contribution in [-0.4, -0.2) is 17.2 Å². The van der Waals surface area contributed by atoms with E-state index < -0.39 is 6.29 Å². The average Bonchev–Trinajstić information content (AvgIpc) is 2.30. The van der Waals surface area contributed by atoms with E-state index in [4.69, 9.17) is 9.84 Å². The lowest BCUT2D eigenvalue weighted by Gasteiger charge is -1.98. The van der Waals surface area contributed by atoms with Crippen LogP contribution in [0, 0.1) is 0 Å². The maximum absolute atomic E-state index is 11.2. The van der Waals surface area contributed by atoms with E-state index in [1.165, 1.54) is 0 Å². The third-order valence-corrected chi connectivity index (χ3v) is 1.83. The van der Waals surface area contributed by atoms with Crippen molar-refractivity contribution in [3.05, 3.63) is 35.6 Å². The highest BCUT2D eigenvalue weighted by Crippen LogP contribution is 2.26. The first-order chi connectivity index (χ1) is 5.79. The zero-order valence-corrected chi connectivity index (χ0v) is 6.36. The Morgan fingerprint density at radius 2 is 2.42 bits per heavy atom. The predicted molar refractivity (Wildman–Crippen MR) is 42.0 cm³/mol. The molecule has 3 heteroatoms. The highest BCUT2D eigenvalue weighted by atomic mass is 16.6. The summed E-state index contributed by atoms with van der Waals surface area (Å²) in [5, 5.41) is 9.04. The van der Waals surface area contributed by atoms with E-state index in [1.807, 2.05) is 6.08 Å². The van der Waals surface area contributed by atoms with Crippen LogP contribution in [0.5, 0.6) is 0 Å². The zero-order chi connectivity index (χ0) is 8.55. The highest BCUT2D eigenvalue weighted by Gasteiger charge is 2.33. The van der Waals surface area contributed by atoms with Gasteiger partial charge in [0.2, 0.25) is 5.78 Å². The molecule has 0 bridgehead atoms. The molecule has 0 spiro atoms. The van der Waals surface area contributed by atoms with Crippen LogP contribution < -0.4 is 0 Å². The van der Waals surface area contributed by atoms with Crippen molar-refractivity contribution in [3.63, 3.8) is 0 Å². The van der Waals surface area contributed by atoms with Gasteiger partial charge in [-0.2, -0.15) is 0 Å². The number of fused-ring (bicyclic) bond motifs is 1. The molecule has 1 atom stereocenters. The van der Waals surface area contributed by atoms with Crippen LogP contribution in [-0.2, 0) is 9.53 Å². The molecule has 1 fully saturated rings. The van der Waals surface area contributed by atoms with Crippen molar-refractivity contribution < 1.29 is 14.6 Å². The summed E-state index contributed by atoms with van der Waals surface area (Å²) in [5.41, 5.74) is 0.469. The summed E-state index contributed by atoms with van der Waals surface area (Å²) in [4.78, 5) is 11.2. The van der Waals surface area contributed by atoms with Gasteiger partial charge in [0.15, 0.2) is 0 Å². The lowest BCUT2D eigenvalue weighted by Crippen LogP contribution is -2.13. The first-order valence-electron chi connectivity index (χ1n) is 3.75. The van der Waals surface area contributed by atoms with Crippen molar-refractivity contribution in [2.45, 2.75) is 12.7 Å². The van der Waals surface area contributed by atoms with Crippen LogP contribution in [0.3, 0.4) is 0 Å². The second kappa shape index (κ2) is 2.60. The summed E-state index contributed by atoms with van der Waals surface area (Å²) in [5.74, 6) is 0.144. The number of aliphatic hydroxyl groups excluding tert-OH is 1. The lowest BCUT2D eigenvalue weighted by atomic mass is 10.1. The number of Topliss-reactive ketones (excluding diaryl/α,β-unsaturated/α-hetero) is 1. The van der Waals surface area contributed by atoms with Crippen molar-refractivity contribution in [2.75, 3.05) is 0 Å². The Hall–Kier alpha value is -1.35. The number of allylic oxidation sites excluding steroid dienone is 5. The van der Waals surface area contributed by atoms with Crippen LogP contribution in [0.1, 0.15) is 6.42 Å². The van der Waals surface area contributed by atoms with Gasteiger partial charge in [-0.25, -0.2) is 0 Å². The molecule has 3 nitrogen and oxygen atoms in total. The average molecular weight is 164 g/mol. The summed E-state index contributed by atoms with van der Waals surface area (Å²) in [7, 11) is 0. The van der Waals surface area contributed by atoms with Crippen LogP contribution >= 0.6 is 0 Å². The van der Waals surface area contributed by atoms with Crippen molar-refractivity contribution in [1.29, 1.82) is 0 Å². The summed E-state index contributed by atoms with van der Waals surface area (Å²) in [6.45, 7) is 0. The van der Waals surface area contributed by atoms with Gasteiger partial charge in [0.1, 0.15) is 5.76 Å². The van der Waals surface area contributed by atoms with Gasteiger partial charge in [-0.05, 0) is 18.6 Å². The Labute approximate surface area is 69.6 Å². The third-order valence-electron chi connectivity index (χ3n) is 1.83. The Balaban J connectivity index is 2.43. The molecule has 1 unspecified atom stereocenters. The summed E-state index contributed by atoms with van der Waals surface area (Å²) in [6.07, 6.45) is 6.59. The standard InChI is InChI=1S/C9H8O3/c10-8-6-4-2-1-3-5-7(6)12-9(8)11/h1-2,4-5,9,11H,3H2. The summed E-state index contributed by atoms with van der Waals surface area (Å²) in [6, 6.07) is 0. The van der Waals surface area contributed by atoms with Crippen LogP contribution in [0.4, 0.5) is 0 Å². The van der Waals surface area contributed by atoms with Gasteiger partial charge in [-0.15, -0.1) is 0 Å². The fraction of sp³-hybridized carbons (Fsp3) is 0.222. The van der Waals surface area contributed by atoms with E-state index in [0.717, 1.165) is 6.42 Å². The minimum Gasteiger partial charge on any atom is -0.457 e. The Kier molecular flexibility index (Phi) is 1.59. The molecule has 0 saturated carbocycles. The molecular formula is C9H8O3. The van der Waals surface area contributed by atoms with Gasteiger partial charge in [0.05, 0.1) is 5.57 Å². The number of hydrogen-bond donors (Lipinski definition) is 1. The van der Waals surface area contributed by atoms with E-state index in [-0.39, 0.29) is 5.78 Å². The fourth-order valence-corrected chi connectivity index (χ4v) is 1.23. The molecule has 62 valence electrons. The minimum atomic E-state index is -1.30. The SMILES string of the molecule is O=C1C2=CC=CCC=C2OC1O. The molecule has 0 aromatic carbocycles.